The Labute approximate surface area is 218 Å². The minimum Gasteiger partial charge on any atom is -0.497 e. The lowest BCUT2D eigenvalue weighted by molar-refractivity contribution is -0.139. The Morgan fingerprint density at radius 3 is 2.41 bits per heavy atom. The lowest BCUT2D eigenvalue weighted by atomic mass is 10.2. The first-order chi connectivity index (χ1) is 17.9. The van der Waals surface area contributed by atoms with Crippen LogP contribution in [-0.4, -0.2) is 44.8 Å². The summed E-state index contributed by atoms with van der Waals surface area (Å²) in [6.45, 7) is -0.0757. The monoisotopic (exact) mass is 524 g/mol. The smallest absolute Gasteiger partial charge is 0.329 e. The summed E-state index contributed by atoms with van der Waals surface area (Å²) in [4.78, 5) is 36.1. The Bertz CT molecular complexity index is 1280. The van der Waals surface area contributed by atoms with Crippen LogP contribution in [0.5, 0.6) is 17.2 Å². The van der Waals surface area contributed by atoms with Gasteiger partial charge in [0.25, 0.3) is 5.91 Å². The average Bonchev–Trinajstić information content (AvgIpc) is 2.91. The molecule has 0 saturated heterocycles. The quantitative estimate of drug-likeness (QED) is 0.212. The van der Waals surface area contributed by atoms with E-state index < -0.39 is 11.8 Å². The molecule has 192 valence electrons. The number of benzene rings is 3. The van der Waals surface area contributed by atoms with E-state index in [1.165, 1.54) is 13.3 Å². The van der Waals surface area contributed by atoms with Crippen molar-refractivity contribution in [1.82, 2.24) is 10.7 Å². The topological polar surface area (TPSA) is 127 Å². The van der Waals surface area contributed by atoms with Gasteiger partial charge in [-0.05, 0) is 59.7 Å². The third kappa shape index (κ3) is 8.55. The molecule has 10 nitrogen and oxygen atoms in total. The number of nitrogens with one attached hydrogen (secondary N) is 3. The molecule has 3 amide bonds. The van der Waals surface area contributed by atoms with Crippen molar-refractivity contribution < 1.29 is 28.6 Å². The Morgan fingerprint density at radius 1 is 0.919 bits per heavy atom. The highest BCUT2D eigenvalue weighted by Gasteiger charge is 2.12. The number of rotatable bonds is 10. The molecule has 3 rings (SSSR count). The molecule has 0 aliphatic rings. The lowest BCUT2D eigenvalue weighted by Crippen LogP contribution is -2.37. The van der Waals surface area contributed by atoms with Crippen LogP contribution >= 0.6 is 11.6 Å². The van der Waals surface area contributed by atoms with Crippen molar-refractivity contribution >= 4 is 41.2 Å². The maximum atomic E-state index is 12.2. The van der Waals surface area contributed by atoms with Crippen LogP contribution in [0.3, 0.4) is 0 Å². The van der Waals surface area contributed by atoms with E-state index in [0.717, 1.165) is 5.56 Å². The number of carbonyl (C=O) groups is 3. The molecule has 0 saturated carbocycles. The van der Waals surface area contributed by atoms with Crippen molar-refractivity contribution in [3.63, 3.8) is 0 Å². The first-order valence-electron chi connectivity index (χ1n) is 11.0. The van der Waals surface area contributed by atoms with E-state index in [1.54, 1.807) is 73.8 Å². The van der Waals surface area contributed by atoms with Crippen LogP contribution in [0.1, 0.15) is 11.1 Å². The number of hydrogen-bond acceptors (Lipinski definition) is 7. The first kappa shape index (κ1) is 27.0. The molecule has 3 N–H and O–H groups in total. The molecule has 0 bridgehead atoms. The van der Waals surface area contributed by atoms with E-state index in [9.17, 15) is 14.4 Å². The normalized spacial score (nSPS) is 10.5. The summed E-state index contributed by atoms with van der Waals surface area (Å²) in [5.41, 5.74) is 4.09. The van der Waals surface area contributed by atoms with Gasteiger partial charge in [-0.15, -0.1) is 0 Å². The molecule has 0 atom stereocenters. The number of hydrazone groups is 1. The van der Waals surface area contributed by atoms with Crippen molar-refractivity contribution in [1.29, 1.82) is 0 Å². The maximum Gasteiger partial charge on any atom is 0.329 e. The highest BCUT2D eigenvalue weighted by atomic mass is 35.5. The fourth-order valence-corrected chi connectivity index (χ4v) is 3.20. The molecule has 0 aliphatic heterocycles. The number of carbonyl (C=O) groups excluding carboxylic acids is 3. The van der Waals surface area contributed by atoms with Gasteiger partial charge in [0.05, 0.1) is 20.4 Å². The van der Waals surface area contributed by atoms with E-state index in [4.69, 9.17) is 25.8 Å². The number of anilines is 1. The van der Waals surface area contributed by atoms with Gasteiger partial charge in [-0.25, -0.2) is 5.43 Å². The predicted octanol–water partition coefficient (Wildman–Crippen LogP) is 3.14. The molecule has 0 heterocycles. The van der Waals surface area contributed by atoms with Crippen molar-refractivity contribution in [2.75, 3.05) is 26.1 Å². The fourth-order valence-electron chi connectivity index (χ4n) is 3.01. The SMILES string of the molecule is COc1ccc(CNC(=O)C(=O)N/N=C\c2ccc(OCC(=O)Nc3cccc(Cl)c3)c(OC)c2)cc1. The zero-order chi connectivity index (χ0) is 26.6. The van der Waals surface area contributed by atoms with Crippen LogP contribution in [0.4, 0.5) is 5.69 Å². The molecule has 0 unspecified atom stereocenters. The third-order valence-corrected chi connectivity index (χ3v) is 5.09. The second-order valence-corrected chi connectivity index (χ2v) is 7.92. The summed E-state index contributed by atoms with van der Waals surface area (Å²) in [6, 6.07) is 18.7. The van der Waals surface area contributed by atoms with E-state index >= 15 is 0 Å². The number of nitrogens with zero attached hydrogens (tertiary/aromatic N) is 1. The van der Waals surface area contributed by atoms with Gasteiger partial charge in [-0.2, -0.15) is 5.10 Å². The van der Waals surface area contributed by atoms with E-state index in [-0.39, 0.29) is 19.1 Å². The molecule has 0 spiro atoms. The minimum atomic E-state index is -0.914. The number of amides is 3. The molecule has 3 aromatic carbocycles. The summed E-state index contributed by atoms with van der Waals surface area (Å²) in [5, 5.41) is 9.50. The van der Waals surface area contributed by atoms with Gasteiger partial charge in [0.1, 0.15) is 5.75 Å². The minimum absolute atomic E-state index is 0.176. The van der Waals surface area contributed by atoms with Crippen molar-refractivity contribution in [2.24, 2.45) is 5.10 Å². The van der Waals surface area contributed by atoms with Crippen molar-refractivity contribution in [3.8, 4) is 17.2 Å². The molecular formula is C26H25ClN4O6. The lowest BCUT2D eigenvalue weighted by Gasteiger charge is -2.11. The largest absolute Gasteiger partial charge is 0.497 e. The van der Waals surface area contributed by atoms with Gasteiger partial charge < -0.3 is 24.8 Å². The zero-order valence-electron chi connectivity index (χ0n) is 20.1. The van der Waals surface area contributed by atoms with Crippen molar-refractivity contribution in [2.45, 2.75) is 6.54 Å². The fraction of sp³-hybridized carbons (Fsp3) is 0.154. The van der Waals surface area contributed by atoms with Gasteiger partial charge >= 0.3 is 11.8 Å². The highest BCUT2D eigenvalue weighted by molar-refractivity contribution is 6.35. The second-order valence-electron chi connectivity index (χ2n) is 7.49. The Balaban J connectivity index is 1.48. The Hall–Kier alpha value is -4.57. The van der Waals surface area contributed by atoms with E-state index in [2.05, 4.69) is 21.2 Å². The summed E-state index contributed by atoms with van der Waals surface area (Å²) in [7, 11) is 3.01. The van der Waals surface area contributed by atoms with Gasteiger partial charge in [0.2, 0.25) is 0 Å². The number of methoxy groups -OCH3 is 2. The molecule has 0 aliphatic carbocycles. The van der Waals surface area contributed by atoms with Gasteiger partial charge in [0.15, 0.2) is 18.1 Å². The van der Waals surface area contributed by atoms with Gasteiger partial charge in [-0.1, -0.05) is 29.8 Å². The number of halogens is 1. The number of hydrogen-bond donors (Lipinski definition) is 3. The van der Waals surface area contributed by atoms with Crippen LogP contribution in [0.15, 0.2) is 71.8 Å². The van der Waals surface area contributed by atoms with Gasteiger partial charge in [0, 0.05) is 17.3 Å². The molecule has 0 aromatic heterocycles. The van der Waals surface area contributed by atoms with Gasteiger partial charge in [-0.3, -0.25) is 14.4 Å². The zero-order valence-corrected chi connectivity index (χ0v) is 20.9. The molecule has 0 radical (unpaired) electrons. The van der Waals surface area contributed by atoms with Crippen LogP contribution < -0.4 is 30.3 Å². The molecule has 0 fully saturated rings. The molecule has 3 aromatic rings. The summed E-state index contributed by atoms with van der Waals surface area (Å²) in [6.07, 6.45) is 1.34. The Morgan fingerprint density at radius 2 is 1.70 bits per heavy atom. The molecule has 37 heavy (non-hydrogen) atoms. The summed E-state index contributed by atoms with van der Waals surface area (Å²) < 4.78 is 15.9. The Kier molecular flexibility index (Phi) is 9.86. The highest BCUT2D eigenvalue weighted by Crippen LogP contribution is 2.27. The summed E-state index contributed by atoms with van der Waals surface area (Å²) in [5.74, 6) is -0.737. The predicted molar refractivity (Wildman–Crippen MR) is 139 cm³/mol. The average molecular weight is 525 g/mol. The van der Waals surface area contributed by atoms with Crippen LogP contribution in [-0.2, 0) is 20.9 Å². The third-order valence-electron chi connectivity index (χ3n) is 4.85. The molecule has 11 heteroatoms. The first-order valence-corrected chi connectivity index (χ1v) is 11.4. The summed E-state index contributed by atoms with van der Waals surface area (Å²) >= 11 is 5.91. The van der Waals surface area contributed by atoms with Crippen LogP contribution in [0.2, 0.25) is 5.02 Å². The van der Waals surface area contributed by atoms with Crippen LogP contribution in [0, 0.1) is 0 Å². The number of ether oxygens (including phenoxy) is 3. The standard InChI is InChI=1S/C26H25ClN4O6/c1-35-21-9-6-17(7-10-21)14-28-25(33)26(34)31-29-15-18-8-11-22(23(12-18)36-2)37-16-24(32)30-20-5-3-4-19(27)13-20/h3-13,15H,14,16H2,1-2H3,(H,28,33)(H,30,32)(H,31,34)/b29-15-. The molecular weight excluding hydrogens is 500 g/mol. The maximum absolute atomic E-state index is 12.2. The van der Waals surface area contributed by atoms with Crippen LogP contribution in [0.25, 0.3) is 0 Å². The van der Waals surface area contributed by atoms with Crippen molar-refractivity contribution in [3.05, 3.63) is 82.9 Å². The van der Waals surface area contributed by atoms with E-state index in [1.807, 2.05) is 0 Å². The second kappa shape index (κ2) is 13.5. The van der Waals surface area contributed by atoms with E-state index in [0.29, 0.717) is 33.5 Å².